The standard InChI is InChI=1S/C15H16O3S2.C8H5NO2S/c1-13-7-9-15(10-8-13)20(16,17)18-11-12-19-14-5-3-2-4-6-14;1-2-6-7(11-4-10-6)8-5(1)9-3-12-8/h2-10H,11-12H2,1H3;1-3H,4H2. The molecule has 0 radical (unpaired) electrons. The number of thiazole rings is 1. The van der Waals surface area contributed by atoms with E-state index in [0.717, 1.165) is 32.2 Å². The van der Waals surface area contributed by atoms with Crippen LogP contribution in [0.1, 0.15) is 5.56 Å². The minimum absolute atomic E-state index is 0.162. The Morgan fingerprint density at radius 1 is 1.03 bits per heavy atom. The highest BCUT2D eigenvalue weighted by Crippen LogP contribution is 2.40. The molecule has 0 N–H and O–H groups in total. The van der Waals surface area contributed by atoms with Gasteiger partial charge in [-0.1, -0.05) is 35.9 Å². The molecule has 166 valence electrons. The highest BCUT2D eigenvalue weighted by Gasteiger charge is 2.17. The quantitative estimate of drug-likeness (QED) is 0.201. The molecule has 1 aliphatic rings. The lowest BCUT2D eigenvalue weighted by atomic mass is 10.2. The molecule has 5 rings (SSSR count). The number of nitrogens with zero attached hydrogens (tertiary/aromatic N) is 1. The Bertz CT molecular complexity index is 1270. The highest BCUT2D eigenvalue weighted by atomic mass is 32.2. The van der Waals surface area contributed by atoms with E-state index >= 15 is 0 Å². The first-order valence-corrected chi connectivity index (χ1v) is 13.1. The maximum atomic E-state index is 11.9. The fourth-order valence-electron chi connectivity index (χ4n) is 2.88. The normalized spacial score (nSPS) is 12.4. The molecule has 32 heavy (non-hydrogen) atoms. The zero-order valence-electron chi connectivity index (χ0n) is 17.3. The van der Waals surface area contributed by atoms with E-state index in [0.29, 0.717) is 12.5 Å². The molecule has 0 saturated carbocycles. The van der Waals surface area contributed by atoms with E-state index in [-0.39, 0.29) is 11.5 Å². The number of ether oxygens (including phenoxy) is 2. The molecule has 0 atom stereocenters. The number of hydrogen-bond donors (Lipinski definition) is 0. The van der Waals surface area contributed by atoms with Crippen LogP contribution in [0.15, 0.2) is 82.0 Å². The summed E-state index contributed by atoms with van der Waals surface area (Å²) in [6.07, 6.45) is 0. The summed E-state index contributed by atoms with van der Waals surface area (Å²) in [6.45, 7) is 2.40. The second kappa shape index (κ2) is 10.4. The number of aromatic nitrogens is 1. The van der Waals surface area contributed by atoms with Gasteiger partial charge in [0.2, 0.25) is 6.79 Å². The van der Waals surface area contributed by atoms with Crippen LogP contribution in [0.5, 0.6) is 11.5 Å². The Morgan fingerprint density at radius 2 is 1.81 bits per heavy atom. The van der Waals surface area contributed by atoms with E-state index in [1.165, 1.54) is 0 Å². The summed E-state index contributed by atoms with van der Waals surface area (Å²) in [4.78, 5) is 5.48. The molecule has 0 saturated heterocycles. The molecule has 0 unspecified atom stereocenters. The molecule has 9 heteroatoms. The molecule has 3 aromatic carbocycles. The number of thioether (sulfide) groups is 1. The number of hydrogen-bond acceptors (Lipinski definition) is 8. The molecule has 0 aliphatic carbocycles. The lowest BCUT2D eigenvalue weighted by Crippen LogP contribution is -2.08. The maximum absolute atomic E-state index is 11.9. The molecule has 2 heterocycles. The van der Waals surface area contributed by atoms with Crippen LogP contribution in [0.25, 0.3) is 10.2 Å². The van der Waals surface area contributed by atoms with Crippen LogP contribution in [-0.4, -0.2) is 32.6 Å². The predicted molar refractivity (Wildman–Crippen MR) is 127 cm³/mol. The van der Waals surface area contributed by atoms with E-state index in [4.69, 9.17) is 13.7 Å². The number of rotatable bonds is 6. The van der Waals surface area contributed by atoms with Crippen molar-refractivity contribution in [3.05, 3.63) is 77.8 Å². The van der Waals surface area contributed by atoms with Crippen molar-refractivity contribution in [3.8, 4) is 11.5 Å². The highest BCUT2D eigenvalue weighted by molar-refractivity contribution is 7.99. The van der Waals surface area contributed by atoms with Gasteiger partial charge in [0.25, 0.3) is 10.1 Å². The zero-order valence-corrected chi connectivity index (χ0v) is 19.7. The fourth-order valence-corrected chi connectivity index (χ4v) is 5.43. The van der Waals surface area contributed by atoms with E-state index in [1.807, 2.05) is 54.9 Å². The molecule has 1 aromatic heterocycles. The van der Waals surface area contributed by atoms with Gasteiger partial charge in [0.05, 0.1) is 22.5 Å². The monoisotopic (exact) mass is 487 g/mol. The van der Waals surface area contributed by atoms with Gasteiger partial charge in [-0.2, -0.15) is 8.42 Å². The van der Waals surface area contributed by atoms with Crippen LogP contribution < -0.4 is 9.47 Å². The van der Waals surface area contributed by atoms with Gasteiger partial charge < -0.3 is 9.47 Å². The summed E-state index contributed by atoms with van der Waals surface area (Å²) < 4.78 is 40.5. The molecule has 1 aliphatic heterocycles. The molecular weight excluding hydrogens is 466 g/mol. The Kier molecular flexibility index (Phi) is 7.31. The third kappa shape index (κ3) is 5.60. The van der Waals surface area contributed by atoms with Crippen molar-refractivity contribution in [2.45, 2.75) is 16.7 Å². The van der Waals surface area contributed by atoms with Crippen molar-refractivity contribution in [2.75, 3.05) is 19.2 Å². The molecule has 0 fully saturated rings. The Morgan fingerprint density at radius 3 is 2.59 bits per heavy atom. The van der Waals surface area contributed by atoms with Crippen LogP contribution in [-0.2, 0) is 14.3 Å². The van der Waals surface area contributed by atoms with Gasteiger partial charge in [-0.25, -0.2) is 4.98 Å². The molecule has 0 bridgehead atoms. The summed E-state index contributed by atoms with van der Waals surface area (Å²) in [5.74, 6) is 2.26. The largest absolute Gasteiger partial charge is 0.454 e. The summed E-state index contributed by atoms with van der Waals surface area (Å²) in [6, 6.07) is 20.3. The van der Waals surface area contributed by atoms with Crippen molar-refractivity contribution in [3.63, 3.8) is 0 Å². The van der Waals surface area contributed by atoms with Crippen molar-refractivity contribution in [1.82, 2.24) is 4.98 Å². The summed E-state index contributed by atoms with van der Waals surface area (Å²) in [5, 5.41) is 0. The van der Waals surface area contributed by atoms with Crippen molar-refractivity contribution < 1.29 is 22.1 Å². The van der Waals surface area contributed by atoms with Gasteiger partial charge in [-0.15, -0.1) is 23.1 Å². The molecule has 4 aromatic rings. The molecule has 0 spiro atoms. The van der Waals surface area contributed by atoms with Crippen molar-refractivity contribution in [2.24, 2.45) is 0 Å². The van der Waals surface area contributed by atoms with Crippen LogP contribution >= 0.6 is 23.1 Å². The van der Waals surface area contributed by atoms with E-state index in [9.17, 15) is 8.42 Å². The third-order valence-electron chi connectivity index (χ3n) is 4.48. The molecule has 0 amide bonds. The Hall–Kier alpha value is -2.59. The minimum Gasteiger partial charge on any atom is -0.454 e. The van der Waals surface area contributed by atoms with Crippen LogP contribution in [0.4, 0.5) is 0 Å². The number of aryl methyl sites for hydroxylation is 1. The number of benzene rings is 3. The average Bonchev–Trinajstić information content (AvgIpc) is 3.47. The number of fused-ring (bicyclic) bond motifs is 3. The van der Waals surface area contributed by atoms with Crippen LogP contribution in [0.2, 0.25) is 0 Å². The van der Waals surface area contributed by atoms with Crippen LogP contribution in [0.3, 0.4) is 0 Å². The summed E-state index contributed by atoms with van der Waals surface area (Å²) in [5.41, 5.74) is 3.81. The Balaban J connectivity index is 0.000000171. The van der Waals surface area contributed by atoms with E-state index in [2.05, 4.69) is 4.98 Å². The second-order valence-electron chi connectivity index (χ2n) is 6.75. The van der Waals surface area contributed by atoms with Gasteiger partial charge >= 0.3 is 0 Å². The maximum Gasteiger partial charge on any atom is 0.296 e. The van der Waals surface area contributed by atoms with Crippen LogP contribution in [0, 0.1) is 6.92 Å². The first kappa shape index (κ1) is 22.6. The Labute approximate surface area is 195 Å². The smallest absolute Gasteiger partial charge is 0.296 e. The zero-order chi connectivity index (χ0) is 22.4. The van der Waals surface area contributed by atoms with Gasteiger partial charge in [0, 0.05) is 10.6 Å². The topological polar surface area (TPSA) is 74.7 Å². The van der Waals surface area contributed by atoms with Crippen molar-refractivity contribution in [1.29, 1.82) is 0 Å². The van der Waals surface area contributed by atoms with Crippen molar-refractivity contribution >= 4 is 43.4 Å². The lowest BCUT2D eigenvalue weighted by molar-refractivity contribution is 0.175. The SMILES string of the molecule is Cc1ccc(S(=O)(=O)OCCSc2ccccc2)cc1.c1nc2ccc3c(c2s1)OCO3. The summed E-state index contributed by atoms with van der Waals surface area (Å²) >= 11 is 3.15. The van der Waals surface area contributed by atoms with E-state index in [1.54, 1.807) is 47.4 Å². The minimum atomic E-state index is -3.64. The van der Waals surface area contributed by atoms with Gasteiger partial charge in [0.1, 0.15) is 4.70 Å². The lowest BCUT2D eigenvalue weighted by Gasteiger charge is -2.06. The average molecular weight is 488 g/mol. The fraction of sp³-hybridized carbons (Fsp3) is 0.174. The van der Waals surface area contributed by atoms with E-state index < -0.39 is 10.1 Å². The summed E-state index contributed by atoms with van der Waals surface area (Å²) in [7, 11) is -3.64. The third-order valence-corrected chi connectivity index (χ3v) is 7.62. The first-order valence-electron chi connectivity index (χ1n) is 9.79. The van der Waals surface area contributed by atoms with Gasteiger partial charge in [-0.3, -0.25) is 4.18 Å². The second-order valence-corrected chi connectivity index (χ2v) is 10.4. The first-order chi connectivity index (χ1) is 15.5. The molecule has 6 nitrogen and oxygen atoms in total. The van der Waals surface area contributed by atoms with Gasteiger partial charge in [0.15, 0.2) is 11.5 Å². The molecular formula is C23H21NO5S3. The van der Waals surface area contributed by atoms with Gasteiger partial charge in [-0.05, 0) is 43.3 Å². The predicted octanol–water partition coefficient (Wildman–Crippen LogP) is 5.52.